The van der Waals surface area contributed by atoms with Crippen molar-refractivity contribution in [3.8, 4) is 5.69 Å². The van der Waals surface area contributed by atoms with Gasteiger partial charge in [-0.3, -0.25) is 0 Å². The number of rotatable bonds is 1. The van der Waals surface area contributed by atoms with E-state index in [-0.39, 0.29) is 0 Å². The first-order valence-corrected chi connectivity index (χ1v) is 4.32. The minimum atomic E-state index is 0.885. The average molecular weight is 183 g/mol. The van der Waals surface area contributed by atoms with E-state index in [1.54, 1.807) is 18.8 Å². The van der Waals surface area contributed by atoms with Gasteiger partial charge in [0.05, 0.1) is 18.3 Å². The normalized spacial score (nSPS) is 10.9. The summed E-state index contributed by atoms with van der Waals surface area (Å²) in [5.74, 6) is 0. The molecule has 3 rings (SSSR count). The van der Waals surface area contributed by atoms with Crippen LogP contribution in [0.4, 0.5) is 0 Å². The van der Waals surface area contributed by atoms with Crippen LogP contribution in [0.3, 0.4) is 0 Å². The molecule has 3 nitrogen and oxygen atoms in total. The van der Waals surface area contributed by atoms with Gasteiger partial charge in [0.2, 0.25) is 0 Å². The number of imidazole rings is 1. The van der Waals surface area contributed by atoms with Crippen molar-refractivity contribution >= 4 is 11.0 Å². The molecule has 0 amide bonds. The summed E-state index contributed by atoms with van der Waals surface area (Å²) in [4.78, 5) is 3.90. The zero-order valence-electron chi connectivity index (χ0n) is 7.34. The summed E-state index contributed by atoms with van der Waals surface area (Å²) in [5, 5.41) is 1.08. The van der Waals surface area contributed by atoms with Crippen LogP contribution in [0.15, 0.2) is 47.5 Å². The molecule has 0 aliphatic heterocycles. The Kier molecular flexibility index (Phi) is 1.44. The molecule has 0 saturated carbocycles. The maximum atomic E-state index is 5.31. The maximum absolute atomic E-state index is 5.31. The van der Waals surface area contributed by atoms with E-state index in [4.69, 9.17) is 4.42 Å². The van der Waals surface area contributed by atoms with Gasteiger partial charge in [0.25, 0.3) is 0 Å². The number of nitrogens with zero attached hydrogens (tertiary/aromatic N) is 2. The fraction of sp³-hybridized carbons (Fsp3) is 0. The topological polar surface area (TPSA) is 31.0 Å². The molecule has 3 heteroatoms. The second-order valence-electron chi connectivity index (χ2n) is 3.02. The zero-order chi connectivity index (χ0) is 9.38. The second kappa shape index (κ2) is 2.73. The van der Waals surface area contributed by atoms with Crippen LogP contribution < -0.4 is 0 Å². The molecule has 0 spiro atoms. The van der Waals surface area contributed by atoms with Gasteiger partial charge in [-0.15, -0.1) is 0 Å². The number of furan rings is 1. The molecule has 0 bridgehead atoms. The van der Waals surface area contributed by atoms with E-state index in [2.05, 4.69) is 11.2 Å². The van der Waals surface area contributed by atoms with Crippen LogP contribution in [-0.4, -0.2) is 9.55 Å². The summed E-state index contributed by atoms with van der Waals surface area (Å²) in [7, 11) is 0. The number of hydrogen-bond donors (Lipinski definition) is 0. The molecule has 3 aromatic rings. The van der Waals surface area contributed by atoms with Crippen LogP contribution in [0.1, 0.15) is 0 Å². The van der Waals surface area contributed by atoms with E-state index < -0.39 is 0 Å². The summed E-state index contributed by atoms with van der Waals surface area (Å²) in [6.45, 7) is 0. The van der Waals surface area contributed by atoms with Crippen LogP contribution in [-0.2, 0) is 0 Å². The lowest BCUT2D eigenvalue weighted by Crippen LogP contribution is -1.89. The quantitative estimate of drug-likeness (QED) is 0.580. The third-order valence-electron chi connectivity index (χ3n) is 2.20. The van der Waals surface area contributed by atoms with Crippen molar-refractivity contribution in [2.75, 3.05) is 0 Å². The summed E-state index contributed by atoms with van der Waals surface area (Å²) in [6.07, 6.45) is 7.97. The van der Waals surface area contributed by atoms with Crippen molar-refractivity contribution in [3.05, 3.63) is 49.2 Å². The molecule has 2 heterocycles. The number of hydrogen-bond acceptors (Lipinski definition) is 2. The van der Waals surface area contributed by atoms with Gasteiger partial charge >= 0.3 is 0 Å². The van der Waals surface area contributed by atoms with E-state index >= 15 is 0 Å². The lowest BCUT2D eigenvalue weighted by atomic mass is 10.2. The maximum Gasteiger partial charge on any atom is 0.135 e. The van der Waals surface area contributed by atoms with Gasteiger partial charge < -0.3 is 8.98 Å². The van der Waals surface area contributed by atoms with E-state index in [1.165, 1.54) is 0 Å². The Morgan fingerprint density at radius 3 is 3.14 bits per heavy atom. The monoisotopic (exact) mass is 183 g/mol. The Labute approximate surface area is 80.6 Å². The zero-order valence-corrected chi connectivity index (χ0v) is 7.34. The first-order chi connectivity index (χ1) is 6.95. The Bertz CT molecular complexity index is 551. The van der Waals surface area contributed by atoms with Gasteiger partial charge in [-0.2, -0.15) is 0 Å². The molecular formula is C11H7N2O. The molecule has 0 N–H and O–H groups in total. The summed E-state index contributed by atoms with van der Waals surface area (Å²) in [5.41, 5.74) is 1.95. The number of fused-ring (bicyclic) bond motifs is 1. The summed E-state index contributed by atoms with van der Waals surface area (Å²) < 4.78 is 7.23. The van der Waals surface area contributed by atoms with Crippen molar-refractivity contribution < 1.29 is 4.42 Å². The van der Waals surface area contributed by atoms with Crippen LogP contribution in [0, 0.1) is 6.20 Å². The van der Waals surface area contributed by atoms with Crippen LogP contribution in [0.25, 0.3) is 16.7 Å². The van der Waals surface area contributed by atoms with E-state index in [9.17, 15) is 0 Å². The first kappa shape index (κ1) is 7.38. The van der Waals surface area contributed by atoms with E-state index in [0.29, 0.717) is 0 Å². The van der Waals surface area contributed by atoms with Gasteiger partial charge in [-0.25, -0.2) is 4.98 Å². The van der Waals surface area contributed by atoms with Gasteiger partial charge in [0.1, 0.15) is 11.8 Å². The summed E-state index contributed by atoms with van der Waals surface area (Å²) >= 11 is 0. The predicted octanol–water partition coefficient (Wildman–Crippen LogP) is 2.42. The first-order valence-electron chi connectivity index (χ1n) is 4.32. The van der Waals surface area contributed by atoms with Crippen LogP contribution >= 0.6 is 0 Å². The highest BCUT2D eigenvalue weighted by atomic mass is 16.3. The molecule has 67 valence electrons. The third-order valence-corrected chi connectivity index (χ3v) is 2.20. The van der Waals surface area contributed by atoms with Crippen molar-refractivity contribution in [2.24, 2.45) is 0 Å². The van der Waals surface area contributed by atoms with Gasteiger partial charge in [-0.1, -0.05) is 6.07 Å². The Hall–Kier alpha value is -2.03. The predicted molar refractivity (Wildman–Crippen MR) is 52.2 cm³/mol. The molecule has 2 aromatic heterocycles. The molecule has 0 fully saturated rings. The van der Waals surface area contributed by atoms with Gasteiger partial charge in [0, 0.05) is 11.6 Å². The molecule has 0 aliphatic rings. The van der Waals surface area contributed by atoms with E-state index in [0.717, 1.165) is 16.7 Å². The second-order valence-corrected chi connectivity index (χ2v) is 3.02. The lowest BCUT2D eigenvalue weighted by molar-refractivity contribution is 0.616. The average Bonchev–Trinajstić information content (AvgIpc) is 2.88. The van der Waals surface area contributed by atoms with Crippen molar-refractivity contribution in [1.29, 1.82) is 0 Å². The molecule has 0 unspecified atom stereocenters. The molecule has 0 saturated heterocycles. The largest absolute Gasteiger partial charge is 0.464 e. The Morgan fingerprint density at radius 1 is 1.29 bits per heavy atom. The highest BCUT2D eigenvalue weighted by Gasteiger charge is 2.03. The lowest BCUT2D eigenvalue weighted by Gasteiger charge is -2.01. The standard InChI is InChI=1S/C11H7N2O/c1-2-10(13-6-5-12-8-13)9-4-7-14-11(9)3-1/h1-4,6-8H. The summed E-state index contributed by atoms with van der Waals surface area (Å²) in [6, 6.07) is 7.87. The smallest absolute Gasteiger partial charge is 0.135 e. The number of benzene rings is 1. The Morgan fingerprint density at radius 2 is 2.29 bits per heavy atom. The van der Waals surface area contributed by atoms with Crippen molar-refractivity contribution in [3.63, 3.8) is 0 Å². The van der Waals surface area contributed by atoms with Crippen LogP contribution in [0.5, 0.6) is 0 Å². The number of aromatic nitrogens is 2. The molecule has 0 atom stereocenters. The third kappa shape index (κ3) is 0.956. The molecule has 1 aromatic carbocycles. The minimum Gasteiger partial charge on any atom is -0.464 e. The van der Waals surface area contributed by atoms with Crippen molar-refractivity contribution in [2.45, 2.75) is 0 Å². The Balaban J connectivity index is 2.36. The fourth-order valence-electron chi connectivity index (χ4n) is 1.56. The molecular weight excluding hydrogens is 176 g/mol. The molecule has 1 radical (unpaired) electrons. The van der Waals surface area contributed by atoms with Gasteiger partial charge in [-0.05, 0) is 18.2 Å². The fourth-order valence-corrected chi connectivity index (χ4v) is 1.56. The van der Waals surface area contributed by atoms with E-state index in [1.807, 2.05) is 28.8 Å². The highest BCUT2D eigenvalue weighted by molar-refractivity contribution is 5.86. The highest BCUT2D eigenvalue weighted by Crippen LogP contribution is 2.22. The van der Waals surface area contributed by atoms with Crippen LogP contribution in [0.2, 0.25) is 0 Å². The minimum absolute atomic E-state index is 0.885. The van der Waals surface area contributed by atoms with Crippen molar-refractivity contribution in [1.82, 2.24) is 9.55 Å². The SMILES string of the molecule is [c]1cn(-c2cccc3occc23)cn1. The molecule has 14 heavy (non-hydrogen) atoms. The molecule has 0 aliphatic carbocycles. The van der Waals surface area contributed by atoms with Gasteiger partial charge in [0.15, 0.2) is 0 Å².